The molecule has 2 aliphatic heterocycles. The summed E-state index contributed by atoms with van der Waals surface area (Å²) in [6.45, 7) is 4.94. The number of hydrogen-bond donors (Lipinski definition) is 2. The van der Waals surface area contributed by atoms with Crippen molar-refractivity contribution >= 4 is 5.91 Å². The Morgan fingerprint density at radius 3 is 3.15 bits per heavy atom. The quantitative estimate of drug-likeness (QED) is 0.864. The topological polar surface area (TPSA) is 44.4 Å². The maximum absolute atomic E-state index is 12.2. The molecule has 0 spiro atoms. The second-order valence-electron chi connectivity index (χ2n) is 6.04. The number of carbonyl (C=O) groups is 1. The third-order valence-corrected chi connectivity index (χ3v) is 4.40. The minimum absolute atomic E-state index is 0.0629. The van der Waals surface area contributed by atoms with Crippen molar-refractivity contribution in [1.82, 2.24) is 15.5 Å². The molecular formula is C16H23N3O. The summed E-state index contributed by atoms with van der Waals surface area (Å²) in [5, 5.41) is 6.43. The molecule has 1 aromatic carbocycles. The van der Waals surface area contributed by atoms with Crippen LogP contribution in [0.15, 0.2) is 18.2 Å². The summed E-state index contributed by atoms with van der Waals surface area (Å²) >= 11 is 0. The van der Waals surface area contributed by atoms with E-state index in [9.17, 15) is 4.79 Å². The number of nitrogens with one attached hydrogen (secondary N) is 2. The summed E-state index contributed by atoms with van der Waals surface area (Å²) in [7, 11) is 2.14. The van der Waals surface area contributed by atoms with Crippen LogP contribution in [-0.2, 0) is 13.0 Å². The van der Waals surface area contributed by atoms with Gasteiger partial charge in [0.2, 0.25) is 0 Å². The summed E-state index contributed by atoms with van der Waals surface area (Å²) in [6, 6.07) is 6.10. The molecule has 1 amide bonds. The number of benzene rings is 1. The molecule has 2 aliphatic rings. The molecule has 1 atom stereocenters. The zero-order chi connectivity index (χ0) is 13.9. The molecule has 0 bridgehead atoms. The van der Waals surface area contributed by atoms with Crippen molar-refractivity contribution < 1.29 is 4.79 Å². The van der Waals surface area contributed by atoms with E-state index in [2.05, 4.69) is 28.6 Å². The average molecular weight is 273 g/mol. The van der Waals surface area contributed by atoms with Gasteiger partial charge < -0.3 is 15.5 Å². The number of rotatable bonds is 3. The Morgan fingerprint density at radius 1 is 1.45 bits per heavy atom. The van der Waals surface area contributed by atoms with E-state index in [1.54, 1.807) is 0 Å². The van der Waals surface area contributed by atoms with E-state index in [0.717, 1.165) is 44.7 Å². The van der Waals surface area contributed by atoms with E-state index < -0.39 is 0 Å². The van der Waals surface area contributed by atoms with Crippen LogP contribution in [0.25, 0.3) is 0 Å². The van der Waals surface area contributed by atoms with Gasteiger partial charge in [-0.25, -0.2) is 0 Å². The molecule has 0 aromatic heterocycles. The fraction of sp³-hybridized carbons (Fsp3) is 0.562. The maximum Gasteiger partial charge on any atom is 0.251 e. The molecule has 1 aromatic rings. The first kappa shape index (κ1) is 13.6. The summed E-state index contributed by atoms with van der Waals surface area (Å²) in [6.07, 6.45) is 2.25. The van der Waals surface area contributed by atoms with E-state index in [-0.39, 0.29) is 5.91 Å². The predicted octanol–water partition coefficient (Wildman–Crippen LogP) is 1.01. The number of carbonyl (C=O) groups excluding carboxylic acids is 1. The summed E-state index contributed by atoms with van der Waals surface area (Å²) in [5.74, 6) is 0.663. The monoisotopic (exact) mass is 273 g/mol. The normalized spacial score (nSPS) is 22.6. The number of amides is 1. The lowest BCUT2D eigenvalue weighted by molar-refractivity contribution is 0.0947. The zero-order valence-electron chi connectivity index (χ0n) is 12.1. The van der Waals surface area contributed by atoms with Gasteiger partial charge in [0.05, 0.1) is 0 Å². The van der Waals surface area contributed by atoms with Crippen molar-refractivity contribution in [2.24, 2.45) is 5.92 Å². The van der Waals surface area contributed by atoms with Gasteiger partial charge in [0.25, 0.3) is 5.91 Å². The van der Waals surface area contributed by atoms with Crippen LogP contribution in [0, 0.1) is 5.92 Å². The fourth-order valence-corrected chi connectivity index (χ4v) is 3.15. The summed E-state index contributed by atoms with van der Waals surface area (Å²) < 4.78 is 0. The van der Waals surface area contributed by atoms with Crippen LogP contribution in [0.5, 0.6) is 0 Å². The van der Waals surface area contributed by atoms with Crippen LogP contribution in [-0.4, -0.2) is 44.0 Å². The smallest absolute Gasteiger partial charge is 0.251 e. The molecular weight excluding hydrogens is 250 g/mol. The Hall–Kier alpha value is -1.39. The van der Waals surface area contributed by atoms with Gasteiger partial charge in [-0.2, -0.15) is 0 Å². The van der Waals surface area contributed by atoms with Crippen molar-refractivity contribution in [3.05, 3.63) is 34.9 Å². The molecule has 1 saturated heterocycles. The Balaban J connectivity index is 1.59. The van der Waals surface area contributed by atoms with Crippen molar-refractivity contribution in [1.29, 1.82) is 0 Å². The molecule has 0 aliphatic carbocycles. The molecule has 4 heteroatoms. The maximum atomic E-state index is 12.2. The molecule has 0 saturated carbocycles. The second kappa shape index (κ2) is 5.94. The lowest BCUT2D eigenvalue weighted by atomic mass is 9.98. The van der Waals surface area contributed by atoms with E-state index in [1.165, 1.54) is 17.5 Å². The first-order valence-corrected chi connectivity index (χ1v) is 7.51. The second-order valence-corrected chi connectivity index (χ2v) is 6.04. The highest BCUT2D eigenvalue weighted by Gasteiger charge is 2.20. The van der Waals surface area contributed by atoms with Gasteiger partial charge in [-0.1, -0.05) is 6.07 Å². The number of nitrogens with zero attached hydrogens (tertiary/aromatic N) is 1. The van der Waals surface area contributed by atoms with Gasteiger partial charge >= 0.3 is 0 Å². The van der Waals surface area contributed by atoms with Crippen LogP contribution in [0.3, 0.4) is 0 Å². The highest BCUT2D eigenvalue weighted by Crippen LogP contribution is 2.16. The van der Waals surface area contributed by atoms with Gasteiger partial charge in [0, 0.05) is 25.2 Å². The van der Waals surface area contributed by atoms with Crippen LogP contribution in [0.1, 0.15) is 27.9 Å². The van der Waals surface area contributed by atoms with Crippen molar-refractivity contribution in [2.75, 3.05) is 33.2 Å². The first-order chi connectivity index (χ1) is 9.72. The molecule has 1 fully saturated rings. The Morgan fingerprint density at radius 2 is 2.35 bits per heavy atom. The Labute approximate surface area is 120 Å². The van der Waals surface area contributed by atoms with E-state index in [0.29, 0.717) is 5.92 Å². The predicted molar refractivity (Wildman–Crippen MR) is 79.8 cm³/mol. The molecule has 20 heavy (non-hydrogen) atoms. The van der Waals surface area contributed by atoms with Gasteiger partial charge in [0.15, 0.2) is 0 Å². The lowest BCUT2D eigenvalue weighted by Crippen LogP contribution is -2.31. The molecule has 2 heterocycles. The largest absolute Gasteiger partial charge is 0.352 e. The van der Waals surface area contributed by atoms with Crippen molar-refractivity contribution in [3.63, 3.8) is 0 Å². The average Bonchev–Trinajstić information content (AvgIpc) is 2.90. The van der Waals surface area contributed by atoms with E-state index in [4.69, 9.17) is 0 Å². The van der Waals surface area contributed by atoms with Crippen LogP contribution in [0.4, 0.5) is 0 Å². The number of hydrogen-bond acceptors (Lipinski definition) is 3. The van der Waals surface area contributed by atoms with Crippen LogP contribution < -0.4 is 10.6 Å². The standard InChI is InChI=1S/C16H23N3O/c1-19-7-5-12(11-19)9-18-16(20)14-3-2-13-4-6-17-10-15(13)8-14/h2-3,8,12,17H,4-7,9-11H2,1H3,(H,18,20). The minimum atomic E-state index is 0.0629. The van der Waals surface area contributed by atoms with Gasteiger partial charge in [-0.3, -0.25) is 4.79 Å². The van der Waals surface area contributed by atoms with Crippen LogP contribution in [0.2, 0.25) is 0 Å². The number of likely N-dealkylation sites (tertiary alicyclic amines) is 1. The molecule has 0 radical (unpaired) electrons. The molecule has 1 unspecified atom stereocenters. The van der Waals surface area contributed by atoms with Gasteiger partial charge in [0.1, 0.15) is 0 Å². The number of fused-ring (bicyclic) bond motifs is 1. The van der Waals surface area contributed by atoms with Gasteiger partial charge in [-0.15, -0.1) is 0 Å². The van der Waals surface area contributed by atoms with Crippen molar-refractivity contribution in [3.8, 4) is 0 Å². The fourth-order valence-electron chi connectivity index (χ4n) is 3.15. The minimum Gasteiger partial charge on any atom is -0.352 e. The third-order valence-electron chi connectivity index (χ3n) is 4.40. The van der Waals surface area contributed by atoms with E-state index in [1.807, 2.05) is 12.1 Å². The highest BCUT2D eigenvalue weighted by molar-refractivity contribution is 5.94. The highest BCUT2D eigenvalue weighted by atomic mass is 16.1. The zero-order valence-corrected chi connectivity index (χ0v) is 12.1. The SMILES string of the molecule is CN1CCC(CNC(=O)c2ccc3c(c2)CNCC3)C1. The molecule has 3 rings (SSSR count). The lowest BCUT2D eigenvalue weighted by Gasteiger charge is -2.18. The molecule has 4 nitrogen and oxygen atoms in total. The van der Waals surface area contributed by atoms with E-state index >= 15 is 0 Å². The molecule has 108 valence electrons. The first-order valence-electron chi connectivity index (χ1n) is 7.51. The van der Waals surface area contributed by atoms with Crippen molar-refractivity contribution in [2.45, 2.75) is 19.4 Å². The third kappa shape index (κ3) is 3.02. The molecule has 2 N–H and O–H groups in total. The Bertz CT molecular complexity index is 500. The summed E-state index contributed by atoms with van der Waals surface area (Å²) in [5.41, 5.74) is 3.43. The Kier molecular flexibility index (Phi) is 4.03. The summed E-state index contributed by atoms with van der Waals surface area (Å²) in [4.78, 5) is 14.5. The van der Waals surface area contributed by atoms with Crippen LogP contribution >= 0.6 is 0 Å². The van der Waals surface area contributed by atoms with Gasteiger partial charge in [-0.05, 0) is 62.2 Å².